The molecule has 1 fully saturated rings. The number of piperidine rings is 1. The van der Waals surface area contributed by atoms with Crippen molar-refractivity contribution in [3.63, 3.8) is 0 Å². The number of nitrogens with one attached hydrogen (secondary N) is 2. The number of rotatable bonds is 8. The van der Waals surface area contributed by atoms with Crippen molar-refractivity contribution in [3.05, 3.63) is 42.5 Å². The molecular weight excluding hydrogens is 312 g/mol. The Kier molecular flexibility index (Phi) is 6.69. The number of amides is 1. The van der Waals surface area contributed by atoms with Gasteiger partial charge >= 0.3 is 0 Å². The average Bonchev–Trinajstić information content (AvgIpc) is 2.66. The Balaban J connectivity index is 1.33. The summed E-state index contributed by atoms with van der Waals surface area (Å²) in [7, 11) is 0. The summed E-state index contributed by atoms with van der Waals surface area (Å²) in [6, 6.07) is 14.3. The molecule has 4 heteroatoms. The van der Waals surface area contributed by atoms with Crippen molar-refractivity contribution in [3.8, 4) is 5.75 Å². The Labute approximate surface area is 149 Å². The lowest BCUT2D eigenvalue weighted by atomic mass is 9.96. The van der Waals surface area contributed by atoms with Crippen LogP contribution in [0.25, 0.3) is 10.8 Å². The van der Waals surface area contributed by atoms with Crippen LogP contribution < -0.4 is 15.4 Å². The number of carbonyl (C=O) groups excluding carboxylic acids is 1. The quantitative estimate of drug-likeness (QED) is 0.723. The Bertz CT molecular complexity index is 675. The van der Waals surface area contributed by atoms with E-state index in [9.17, 15) is 4.79 Å². The maximum Gasteiger partial charge on any atom is 0.220 e. The summed E-state index contributed by atoms with van der Waals surface area (Å²) in [6.07, 6.45) is 4.87. The molecular formula is C21H28N2O2. The standard InChI is InChI=1S/C21H28N2O2/c24-21(23-14-12-17-6-4-13-22-16-17)11-5-15-25-20-10-3-8-18-7-1-2-9-19(18)20/h1-3,7-10,17,22H,4-6,11-16H2,(H,23,24). The molecule has 1 amide bonds. The minimum Gasteiger partial charge on any atom is -0.493 e. The van der Waals surface area contributed by atoms with Crippen molar-refractivity contribution in [1.29, 1.82) is 0 Å². The first-order chi connectivity index (χ1) is 12.3. The highest BCUT2D eigenvalue weighted by Gasteiger charge is 2.12. The minimum absolute atomic E-state index is 0.130. The first-order valence-corrected chi connectivity index (χ1v) is 9.41. The second-order valence-electron chi connectivity index (χ2n) is 6.78. The Morgan fingerprint density at radius 1 is 1.20 bits per heavy atom. The molecule has 1 saturated heterocycles. The molecule has 0 aliphatic carbocycles. The summed E-state index contributed by atoms with van der Waals surface area (Å²) in [5.41, 5.74) is 0. The molecule has 2 aromatic rings. The third kappa shape index (κ3) is 5.46. The van der Waals surface area contributed by atoms with Crippen LogP contribution in [0, 0.1) is 5.92 Å². The predicted molar refractivity (Wildman–Crippen MR) is 102 cm³/mol. The summed E-state index contributed by atoms with van der Waals surface area (Å²) in [5.74, 6) is 1.73. The van der Waals surface area contributed by atoms with Crippen LogP contribution in [-0.4, -0.2) is 32.1 Å². The van der Waals surface area contributed by atoms with Gasteiger partial charge in [0.05, 0.1) is 6.61 Å². The molecule has 0 aromatic heterocycles. The van der Waals surface area contributed by atoms with Gasteiger partial charge in [0.25, 0.3) is 0 Å². The topological polar surface area (TPSA) is 50.4 Å². The summed E-state index contributed by atoms with van der Waals surface area (Å²) in [5, 5.41) is 8.75. The van der Waals surface area contributed by atoms with Crippen molar-refractivity contribution < 1.29 is 9.53 Å². The molecule has 3 rings (SSSR count). The zero-order chi connectivity index (χ0) is 17.3. The third-order valence-electron chi connectivity index (χ3n) is 4.83. The van der Waals surface area contributed by atoms with E-state index in [0.29, 0.717) is 18.9 Å². The fraction of sp³-hybridized carbons (Fsp3) is 0.476. The third-order valence-corrected chi connectivity index (χ3v) is 4.83. The molecule has 1 heterocycles. The van der Waals surface area contributed by atoms with Crippen LogP contribution in [0.1, 0.15) is 32.1 Å². The second kappa shape index (κ2) is 9.42. The average molecular weight is 340 g/mol. The number of ether oxygens (including phenoxy) is 1. The molecule has 4 nitrogen and oxygen atoms in total. The molecule has 0 spiro atoms. The van der Waals surface area contributed by atoms with Crippen LogP contribution in [0.2, 0.25) is 0 Å². The SMILES string of the molecule is O=C(CCCOc1cccc2ccccc12)NCCC1CCCNC1. The van der Waals surface area contributed by atoms with Gasteiger partial charge in [-0.25, -0.2) is 0 Å². The van der Waals surface area contributed by atoms with Gasteiger partial charge in [-0.3, -0.25) is 4.79 Å². The first kappa shape index (κ1) is 17.7. The van der Waals surface area contributed by atoms with E-state index in [1.807, 2.05) is 24.3 Å². The summed E-state index contributed by atoms with van der Waals surface area (Å²) in [4.78, 5) is 11.9. The van der Waals surface area contributed by atoms with Crippen LogP contribution in [0.15, 0.2) is 42.5 Å². The van der Waals surface area contributed by atoms with E-state index in [1.165, 1.54) is 18.2 Å². The molecule has 0 saturated carbocycles. The van der Waals surface area contributed by atoms with E-state index in [2.05, 4.69) is 28.8 Å². The van der Waals surface area contributed by atoms with Gasteiger partial charge in [0.1, 0.15) is 5.75 Å². The van der Waals surface area contributed by atoms with Gasteiger partial charge < -0.3 is 15.4 Å². The Morgan fingerprint density at radius 3 is 2.96 bits per heavy atom. The molecule has 25 heavy (non-hydrogen) atoms. The van der Waals surface area contributed by atoms with Crippen LogP contribution in [0.5, 0.6) is 5.75 Å². The van der Waals surface area contributed by atoms with Gasteiger partial charge in [0.2, 0.25) is 5.91 Å². The minimum atomic E-state index is 0.130. The predicted octanol–water partition coefficient (Wildman–Crippen LogP) is 3.50. The van der Waals surface area contributed by atoms with Crippen molar-refractivity contribution in [2.24, 2.45) is 5.92 Å². The molecule has 1 unspecified atom stereocenters. The maximum atomic E-state index is 11.9. The smallest absolute Gasteiger partial charge is 0.220 e. The van der Waals surface area contributed by atoms with Gasteiger partial charge in [-0.05, 0) is 56.1 Å². The summed E-state index contributed by atoms with van der Waals surface area (Å²) < 4.78 is 5.88. The van der Waals surface area contributed by atoms with Gasteiger partial charge in [0, 0.05) is 18.4 Å². The van der Waals surface area contributed by atoms with Gasteiger partial charge in [0.15, 0.2) is 0 Å². The molecule has 134 valence electrons. The van der Waals surface area contributed by atoms with Crippen LogP contribution >= 0.6 is 0 Å². The normalized spacial score (nSPS) is 17.4. The molecule has 1 atom stereocenters. The number of hydrogen-bond donors (Lipinski definition) is 2. The van der Waals surface area contributed by atoms with Gasteiger partial charge in [-0.15, -0.1) is 0 Å². The molecule has 0 bridgehead atoms. The monoisotopic (exact) mass is 340 g/mol. The lowest BCUT2D eigenvalue weighted by molar-refractivity contribution is -0.121. The zero-order valence-electron chi connectivity index (χ0n) is 14.8. The van der Waals surface area contributed by atoms with E-state index in [4.69, 9.17) is 4.74 Å². The van der Waals surface area contributed by atoms with Crippen molar-refractivity contribution in [2.75, 3.05) is 26.2 Å². The lowest BCUT2D eigenvalue weighted by Gasteiger charge is -2.22. The van der Waals surface area contributed by atoms with Crippen LogP contribution in [0.3, 0.4) is 0 Å². The highest BCUT2D eigenvalue weighted by atomic mass is 16.5. The van der Waals surface area contributed by atoms with E-state index in [1.54, 1.807) is 0 Å². The van der Waals surface area contributed by atoms with E-state index in [-0.39, 0.29) is 5.91 Å². The lowest BCUT2D eigenvalue weighted by Crippen LogP contribution is -2.33. The largest absolute Gasteiger partial charge is 0.493 e. The summed E-state index contributed by atoms with van der Waals surface area (Å²) >= 11 is 0. The highest BCUT2D eigenvalue weighted by Crippen LogP contribution is 2.25. The number of fused-ring (bicyclic) bond motifs is 1. The maximum absolute atomic E-state index is 11.9. The first-order valence-electron chi connectivity index (χ1n) is 9.41. The van der Waals surface area contributed by atoms with Crippen molar-refractivity contribution >= 4 is 16.7 Å². The molecule has 1 aliphatic heterocycles. The van der Waals surface area contributed by atoms with Crippen LogP contribution in [-0.2, 0) is 4.79 Å². The Morgan fingerprint density at radius 2 is 2.08 bits per heavy atom. The van der Waals surface area contributed by atoms with Crippen LogP contribution in [0.4, 0.5) is 0 Å². The van der Waals surface area contributed by atoms with Gasteiger partial charge in [-0.1, -0.05) is 36.4 Å². The molecule has 0 radical (unpaired) electrons. The number of hydrogen-bond acceptors (Lipinski definition) is 3. The van der Waals surface area contributed by atoms with Crippen molar-refractivity contribution in [2.45, 2.75) is 32.1 Å². The number of carbonyl (C=O) groups is 1. The van der Waals surface area contributed by atoms with Crippen molar-refractivity contribution in [1.82, 2.24) is 10.6 Å². The fourth-order valence-corrected chi connectivity index (χ4v) is 3.41. The van der Waals surface area contributed by atoms with E-state index < -0.39 is 0 Å². The van der Waals surface area contributed by atoms with Gasteiger partial charge in [-0.2, -0.15) is 0 Å². The van der Waals surface area contributed by atoms with E-state index in [0.717, 1.165) is 43.6 Å². The zero-order valence-corrected chi connectivity index (χ0v) is 14.8. The second-order valence-corrected chi connectivity index (χ2v) is 6.78. The van der Waals surface area contributed by atoms with E-state index >= 15 is 0 Å². The molecule has 2 aromatic carbocycles. The highest BCUT2D eigenvalue weighted by molar-refractivity contribution is 5.88. The summed E-state index contributed by atoms with van der Waals surface area (Å²) in [6.45, 7) is 3.58. The fourth-order valence-electron chi connectivity index (χ4n) is 3.41. The molecule has 1 aliphatic rings. The number of benzene rings is 2. The Hall–Kier alpha value is -2.07. The molecule has 2 N–H and O–H groups in total.